The van der Waals surface area contributed by atoms with Crippen LogP contribution in [0.5, 0.6) is 5.75 Å². The van der Waals surface area contributed by atoms with Crippen LogP contribution in [0.25, 0.3) is 0 Å². The monoisotopic (exact) mass is 454 g/mol. The summed E-state index contributed by atoms with van der Waals surface area (Å²) in [5.41, 5.74) is 1.63. The summed E-state index contributed by atoms with van der Waals surface area (Å²) >= 11 is 0. The van der Waals surface area contributed by atoms with E-state index in [2.05, 4.69) is 19.6 Å². The third-order valence-electron chi connectivity index (χ3n) is 6.12. The van der Waals surface area contributed by atoms with Gasteiger partial charge in [0.1, 0.15) is 12.4 Å². The number of hydrogen-bond acceptors (Lipinski definition) is 5. The number of Topliss-reactive ketones (excluding diaryl/α,β-unsaturated/α-hetero) is 1. The Bertz CT molecular complexity index is 889. The minimum Gasteiger partial charge on any atom is -0.489 e. The second kappa shape index (κ2) is 10.9. The number of hydrogen-bond donors (Lipinski definition) is 1. The van der Waals surface area contributed by atoms with Crippen LogP contribution in [0.2, 0.25) is 25.7 Å². The van der Waals surface area contributed by atoms with Crippen LogP contribution >= 0.6 is 0 Å². The Hall–Kier alpha value is -2.44. The SMILES string of the molecule is C[Si](C)(C)CCOC(=O)C1C(CO)CCC1C(=O)c1ccc(OCc2ccccc2)cc1. The third kappa shape index (κ3) is 6.53. The van der Waals surface area contributed by atoms with Gasteiger partial charge in [0.15, 0.2) is 5.78 Å². The molecule has 1 saturated carbocycles. The molecule has 0 aromatic heterocycles. The lowest BCUT2D eigenvalue weighted by atomic mass is 9.84. The van der Waals surface area contributed by atoms with Gasteiger partial charge in [0.25, 0.3) is 0 Å². The molecule has 3 rings (SSSR count). The summed E-state index contributed by atoms with van der Waals surface area (Å²) in [4.78, 5) is 26.1. The van der Waals surface area contributed by atoms with E-state index in [-0.39, 0.29) is 24.3 Å². The van der Waals surface area contributed by atoms with Crippen LogP contribution < -0.4 is 4.74 Å². The average Bonchev–Trinajstić information content (AvgIpc) is 3.21. The number of aliphatic hydroxyl groups excluding tert-OH is 1. The molecule has 3 atom stereocenters. The van der Waals surface area contributed by atoms with Crippen molar-refractivity contribution in [3.8, 4) is 5.75 Å². The van der Waals surface area contributed by atoms with Crippen LogP contribution in [-0.4, -0.2) is 38.1 Å². The predicted molar refractivity (Wildman–Crippen MR) is 127 cm³/mol. The predicted octanol–water partition coefficient (Wildman–Crippen LogP) is 4.96. The van der Waals surface area contributed by atoms with Crippen molar-refractivity contribution in [2.45, 2.75) is 45.1 Å². The fraction of sp³-hybridized carbons (Fsp3) is 0.462. The summed E-state index contributed by atoms with van der Waals surface area (Å²) in [6, 6.07) is 17.9. The molecular formula is C26H34O5Si. The van der Waals surface area contributed by atoms with E-state index in [0.29, 0.717) is 37.4 Å². The van der Waals surface area contributed by atoms with Crippen LogP contribution in [0.4, 0.5) is 0 Å². The summed E-state index contributed by atoms with van der Waals surface area (Å²) in [5, 5.41) is 9.77. The van der Waals surface area contributed by atoms with E-state index >= 15 is 0 Å². The highest BCUT2D eigenvalue weighted by molar-refractivity contribution is 6.76. The van der Waals surface area contributed by atoms with Crippen molar-refractivity contribution in [2.75, 3.05) is 13.2 Å². The lowest BCUT2D eigenvalue weighted by Crippen LogP contribution is -2.33. The van der Waals surface area contributed by atoms with Gasteiger partial charge in [0, 0.05) is 26.2 Å². The van der Waals surface area contributed by atoms with E-state index in [9.17, 15) is 14.7 Å². The Morgan fingerprint density at radius 1 is 1.00 bits per heavy atom. The molecule has 32 heavy (non-hydrogen) atoms. The number of aliphatic hydroxyl groups is 1. The van der Waals surface area contributed by atoms with E-state index in [1.54, 1.807) is 24.3 Å². The van der Waals surface area contributed by atoms with Gasteiger partial charge in [-0.05, 0) is 54.6 Å². The zero-order valence-corrected chi connectivity index (χ0v) is 20.3. The van der Waals surface area contributed by atoms with Gasteiger partial charge in [-0.3, -0.25) is 9.59 Å². The highest BCUT2D eigenvalue weighted by atomic mass is 28.3. The number of ketones is 1. The Morgan fingerprint density at radius 3 is 2.31 bits per heavy atom. The molecule has 6 heteroatoms. The molecule has 0 spiro atoms. The zero-order chi connectivity index (χ0) is 23.1. The molecule has 3 unspecified atom stereocenters. The molecule has 1 aliphatic rings. The summed E-state index contributed by atoms with van der Waals surface area (Å²) < 4.78 is 11.4. The van der Waals surface area contributed by atoms with Crippen LogP contribution in [0, 0.1) is 17.8 Å². The van der Waals surface area contributed by atoms with Crippen molar-refractivity contribution in [1.82, 2.24) is 0 Å². The summed E-state index contributed by atoms with van der Waals surface area (Å²) in [5.74, 6) is -0.987. The van der Waals surface area contributed by atoms with Gasteiger partial charge in [-0.25, -0.2) is 0 Å². The Labute approximate surface area is 191 Å². The Morgan fingerprint density at radius 2 is 1.69 bits per heavy atom. The van der Waals surface area contributed by atoms with E-state index in [1.165, 1.54) is 0 Å². The van der Waals surface area contributed by atoms with Gasteiger partial charge in [0.2, 0.25) is 0 Å². The number of rotatable bonds is 10. The van der Waals surface area contributed by atoms with Crippen molar-refractivity contribution in [2.24, 2.45) is 17.8 Å². The molecule has 172 valence electrons. The van der Waals surface area contributed by atoms with Crippen LogP contribution in [-0.2, 0) is 16.1 Å². The fourth-order valence-electron chi connectivity index (χ4n) is 4.16. The van der Waals surface area contributed by atoms with Gasteiger partial charge in [-0.2, -0.15) is 0 Å². The van der Waals surface area contributed by atoms with E-state index in [1.807, 2.05) is 30.3 Å². The number of esters is 1. The van der Waals surface area contributed by atoms with Crippen molar-refractivity contribution in [1.29, 1.82) is 0 Å². The first-order valence-corrected chi connectivity index (χ1v) is 15.1. The molecular weight excluding hydrogens is 420 g/mol. The number of carbonyl (C=O) groups is 2. The van der Waals surface area contributed by atoms with Crippen LogP contribution in [0.15, 0.2) is 54.6 Å². The molecule has 0 radical (unpaired) electrons. The first-order valence-electron chi connectivity index (χ1n) is 11.4. The maximum absolute atomic E-state index is 13.2. The molecule has 0 heterocycles. The van der Waals surface area contributed by atoms with Crippen molar-refractivity contribution < 1.29 is 24.2 Å². The number of carbonyl (C=O) groups excluding carboxylic acids is 2. The Kier molecular flexibility index (Phi) is 8.26. The molecule has 5 nitrogen and oxygen atoms in total. The quantitative estimate of drug-likeness (QED) is 0.312. The topological polar surface area (TPSA) is 72.8 Å². The average molecular weight is 455 g/mol. The lowest BCUT2D eigenvalue weighted by Gasteiger charge is -2.23. The van der Waals surface area contributed by atoms with Gasteiger partial charge in [-0.1, -0.05) is 50.0 Å². The fourth-order valence-corrected chi connectivity index (χ4v) is 4.88. The molecule has 1 aliphatic carbocycles. The van der Waals surface area contributed by atoms with E-state index in [0.717, 1.165) is 11.6 Å². The summed E-state index contributed by atoms with van der Waals surface area (Å²) in [6.07, 6.45) is 1.24. The third-order valence-corrected chi connectivity index (χ3v) is 7.82. The maximum atomic E-state index is 13.2. The smallest absolute Gasteiger partial charge is 0.310 e. The van der Waals surface area contributed by atoms with E-state index in [4.69, 9.17) is 9.47 Å². The number of ether oxygens (including phenoxy) is 2. The van der Waals surface area contributed by atoms with Crippen LogP contribution in [0.1, 0.15) is 28.8 Å². The maximum Gasteiger partial charge on any atom is 0.310 e. The summed E-state index contributed by atoms with van der Waals surface area (Å²) in [7, 11) is -1.32. The molecule has 1 fully saturated rings. The zero-order valence-electron chi connectivity index (χ0n) is 19.3. The van der Waals surface area contributed by atoms with Gasteiger partial charge < -0.3 is 14.6 Å². The molecule has 0 bridgehead atoms. The normalized spacial score (nSPS) is 20.7. The number of benzene rings is 2. The van der Waals surface area contributed by atoms with Crippen molar-refractivity contribution >= 4 is 19.8 Å². The first-order chi connectivity index (χ1) is 15.3. The van der Waals surface area contributed by atoms with Gasteiger partial charge in [0.05, 0.1) is 12.5 Å². The van der Waals surface area contributed by atoms with Crippen LogP contribution in [0.3, 0.4) is 0 Å². The summed E-state index contributed by atoms with van der Waals surface area (Å²) in [6.45, 7) is 7.42. The molecule has 2 aromatic rings. The van der Waals surface area contributed by atoms with E-state index < -0.39 is 19.9 Å². The van der Waals surface area contributed by atoms with Crippen molar-refractivity contribution in [3.63, 3.8) is 0 Å². The minimum absolute atomic E-state index is 0.0669. The highest BCUT2D eigenvalue weighted by Gasteiger charge is 2.45. The second-order valence-electron chi connectivity index (χ2n) is 9.79. The van der Waals surface area contributed by atoms with Gasteiger partial charge >= 0.3 is 5.97 Å². The molecule has 2 aromatic carbocycles. The lowest BCUT2D eigenvalue weighted by molar-refractivity contribution is -0.150. The standard InChI is InChI=1S/C26H34O5Si/c1-32(2,3)16-15-30-26(29)24-21(17-27)11-14-23(24)25(28)20-9-12-22(13-10-20)31-18-19-7-5-4-6-8-19/h4-10,12-13,21,23-24,27H,11,14-18H2,1-3H3. The largest absolute Gasteiger partial charge is 0.489 e. The molecule has 0 saturated heterocycles. The Balaban J connectivity index is 1.63. The van der Waals surface area contributed by atoms with Gasteiger partial charge in [-0.15, -0.1) is 0 Å². The first kappa shape index (κ1) is 24.2. The molecule has 0 amide bonds. The minimum atomic E-state index is -1.32. The molecule has 0 aliphatic heterocycles. The second-order valence-corrected chi connectivity index (χ2v) is 15.4. The highest BCUT2D eigenvalue weighted by Crippen LogP contribution is 2.40. The van der Waals surface area contributed by atoms with Crippen molar-refractivity contribution in [3.05, 3.63) is 65.7 Å². The molecule has 1 N–H and O–H groups in total.